The fraction of sp³-hybridized carbons (Fsp3) is 0.500. The van der Waals surface area contributed by atoms with Crippen molar-refractivity contribution in [1.29, 1.82) is 0 Å². The third-order valence-corrected chi connectivity index (χ3v) is 1.88. The van der Waals surface area contributed by atoms with E-state index in [1.54, 1.807) is 6.20 Å². The van der Waals surface area contributed by atoms with Gasteiger partial charge in [0.15, 0.2) is 0 Å². The molecule has 1 heterocycles. The molecule has 1 unspecified atom stereocenters. The van der Waals surface area contributed by atoms with Crippen molar-refractivity contribution in [3.05, 3.63) is 18.2 Å². The molecule has 2 N–H and O–H groups in total. The summed E-state index contributed by atoms with van der Waals surface area (Å²) in [6.45, 7) is 4.32. The molecule has 0 radical (unpaired) electrons. The Morgan fingerprint density at radius 2 is 2.50 bits per heavy atom. The average molecular weight is 167 g/mol. The van der Waals surface area contributed by atoms with Gasteiger partial charge in [0, 0.05) is 18.9 Å². The minimum absolute atomic E-state index is 0.141. The van der Waals surface area contributed by atoms with Crippen molar-refractivity contribution in [2.75, 3.05) is 0 Å². The molecule has 4 heteroatoms. The average Bonchev–Trinajstić information content (AvgIpc) is 2.36. The van der Waals surface area contributed by atoms with Crippen molar-refractivity contribution in [3.8, 4) is 0 Å². The minimum Gasteiger partial charge on any atom is -0.369 e. The zero-order valence-electron chi connectivity index (χ0n) is 7.32. The van der Waals surface area contributed by atoms with Crippen LogP contribution in [-0.4, -0.2) is 15.5 Å². The summed E-state index contributed by atoms with van der Waals surface area (Å²) in [6, 6.07) is 0. The van der Waals surface area contributed by atoms with Crippen LogP contribution in [-0.2, 0) is 11.3 Å². The van der Waals surface area contributed by atoms with Crippen LogP contribution >= 0.6 is 0 Å². The van der Waals surface area contributed by atoms with E-state index in [1.807, 2.05) is 24.6 Å². The largest absolute Gasteiger partial charge is 0.369 e. The van der Waals surface area contributed by atoms with Gasteiger partial charge in [-0.25, -0.2) is 4.98 Å². The highest BCUT2D eigenvalue weighted by molar-refractivity contribution is 5.76. The minimum atomic E-state index is -0.275. The molecule has 0 aliphatic rings. The zero-order chi connectivity index (χ0) is 9.14. The van der Waals surface area contributed by atoms with E-state index in [-0.39, 0.29) is 11.8 Å². The summed E-state index contributed by atoms with van der Waals surface area (Å²) >= 11 is 0. The van der Waals surface area contributed by atoms with Gasteiger partial charge < -0.3 is 10.3 Å². The Hall–Kier alpha value is -1.32. The number of nitrogens with two attached hydrogens (primary N) is 1. The second-order valence-corrected chi connectivity index (χ2v) is 2.93. The number of nitrogens with zero attached hydrogens (tertiary/aromatic N) is 2. The third kappa shape index (κ3) is 1.84. The van der Waals surface area contributed by atoms with E-state index in [1.165, 1.54) is 0 Å². The Morgan fingerprint density at radius 3 is 2.92 bits per heavy atom. The second kappa shape index (κ2) is 3.38. The van der Waals surface area contributed by atoms with Gasteiger partial charge in [-0.1, -0.05) is 6.92 Å². The summed E-state index contributed by atoms with van der Waals surface area (Å²) in [5.74, 6) is 0.490. The third-order valence-electron chi connectivity index (χ3n) is 1.88. The number of aromatic nitrogens is 2. The van der Waals surface area contributed by atoms with E-state index in [0.29, 0.717) is 6.54 Å². The molecule has 4 nitrogen and oxygen atoms in total. The lowest BCUT2D eigenvalue weighted by molar-refractivity contribution is -0.121. The summed E-state index contributed by atoms with van der Waals surface area (Å²) < 4.78 is 1.91. The van der Waals surface area contributed by atoms with Crippen molar-refractivity contribution in [2.45, 2.75) is 20.4 Å². The molecule has 1 amide bonds. The molecular formula is C8H13N3O. The Balaban J connectivity index is 2.64. The smallest absolute Gasteiger partial charge is 0.222 e. The molecule has 0 saturated heterocycles. The van der Waals surface area contributed by atoms with Gasteiger partial charge in [-0.15, -0.1) is 0 Å². The standard InChI is InChI=1S/C8H13N3O/c1-6(8(9)12)5-11-4-3-10-7(11)2/h3-4,6H,5H2,1-2H3,(H2,9,12). The second-order valence-electron chi connectivity index (χ2n) is 2.93. The maximum Gasteiger partial charge on any atom is 0.222 e. The van der Waals surface area contributed by atoms with Gasteiger partial charge in [0.05, 0.1) is 5.92 Å². The van der Waals surface area contributed by atoms with Crippen LogP contribution in [0.5, 0.6) is 0 Å². The first-order chi connectivity index (χ1) is 5.61. The predicted molar refractivity (Wildman–Crippen MR) is 45.3 cm³/mol. The Morgan fingerprint density at radius 1 is 1.83 bits per heavy atom. The van der Waals surface area contributed by atoms with Crippen LogP contribution in [0.3, 0.4) is 0 Å². The molecule has 0 aliphatic heterocycles. The highest BCUT2D eigenvalue weighted by Crippen LogP contribution is 2.02. The number of primary amides is 1. The summed E-state index contributed by atoms with van der Waals surface area (Å²) in [6.07, 6.45) is 3.55. The molecule has 0 spiro atoms. The fourth-order valence-corrected chi connectivity index (χ4v) is 0.982. The van der Waals surface area contributed by atoms with E-state index in [9.17, 15) is 4.79 Å². The van der Waals surface area contributed by atoms with Gasteiger partial charge in [-0.2, -0.15) is 0 Å². The van der Waals surface area contributed by atoms with Crippen LogP contribution in [0.15, 0.2) is 12.4 Å². The Labute approximate surface area is 71.4 Å². The molecule has 0 aromatic carbocycles. The maximum absolute atomic E-state index is 10.7. The molecule has 1 rings (SSSR count). The lowest BCUT2D eigenvalue weighted by Crippen LogP contribution is -2.24. The molecule has 1 atom stereocenters. The summed E-state index contributed by atoms with van der Waals surface area (Å²) in [5.41, 5.74) is 5.13. The SMILES string of the molecule is Cc1nccn1CC(C)C(N)=O. The van der Waals surface area contributed by atoms with Crippen LogP contribution < -0.4 is 5.73 Å². The number of aryl methyl sites for hydroxylation is 1. The van der Waals surface area contributed by atoms with Crippen molar-refractivity contribution in [1.82, 2.24) is 9.55 Å². The first kappa shape index (κ1) is 8.77. The molecule has 0 aliphatic carbocycles. The summed E-state index contributed by atoms with van der Waals surface area (Å²) in [7, 11) is 0. The molecular weight excluding hydrogens is 154 g/mol. The van der Waals surface area contributed by atoms with Crippen molar-refractivity contribution < 1.29 is 4.79 Å². The predicted octanol–water partition coefficient (Wildman–Crippen LogP) is 0.313. The number of carbonyl (C=O) groups is 1. The topological polar surface area (TPSA) is 60.9 Å². The lowest BCUT2D eigenvalue weighted by Gasteiger charge is -2.08. The normalized spacial score (nSPS) is 12.8. The number of amides is 1. The Bertz CT molecular complexity index is 280. The molecule has 1 aromatic rings. The van der Waals surface area contributed by atoms with Gasteiger partial charge in [0.25, 0.3) is 0 Å². The van der Waals surface area contributed by atoms with Gasteiger partial charge in [0.1, 0.15) is 5.82 Å². The molecule has 0 bridgehead atoms. The van der Waals surface area contributed by atoms with Crippen LogP contribution in [0.25, 0.3) is 0 Å². The molecule has 0 saturated carbocycles. The van der Waals surface area contributed by atoms with Gasteiger partial charge in [-0.3, -0.25) is 4.79 Å². The quantitative estimate of drug-likeness (QED) is 0.704. The maximum atomic E-state index is 10.7. The summed E-state index contributed by atoms with van der Waals surface area (Å²) in [5, 5.41) is 0. The molecule has 1 aromatic heterocycles. The van der Waals surface area contributed by atoms with Crippen LogP contribution in [0.2, 0.25) is 0 Å². The van der Waals surface area contributed by atoms with Crippen molar-refractivity contribution >= 4 is 5.91 Å². The van der Waals surface area contributed by atoms with Crippen molar-refractivity contribution in [2.24, 2.45) is 11.7 Å². The van der Waals surface area contributed by atoms with Crippen LogP contribution in [0.4, 0.5) is 0 Å². The highest BCUT2D eigenvalue weighted by atomic mass is 16.1. The first-order valence-electron chi connectivity index (χ1n) is 3.88. The van der Waals surface area contributed by atoms with Crippen LogP contribution in [0, 0.1) is 12.8 Å². The number of carbonyl (C=O) groups excluding carboxylic acids is 1. The van der Waals surface area contributed by atoms with E-state index in [4.69, 9.17) is 5.73 Å². The van der Waals surface area contributed by atoms with Gasteiger partial charge >= 0.3 is 0 Å². The summed E-state index contributed by atoms with van der Waals surface area (Å²) in [4.78, 5) is 14.8. The van der Waals surface area contributed by atoms with Gasteiger partial charge in [0.2, 0.25) is 5.91 Å². The zero-order valence-corrected chi connectivity index (χ0v) is 7.32. The van der Waals surface area contributed by atoms with Crippen molar-refractivity contribution in [3.63, 3.8) is 0 Å². The van der Waals surface area contributed by atoms with Crippen LogP contribution in [0.1, 0.15) is 12.7 Å². The number of hydrogen-bond acceptors (Lipinski definition) is 2. The highest BCUT2D eigenvalue weighted by Gasteiger charge is 2.09. The van der Waals surface area contributed by atoms with E-state index < -0.39 is 0 Å². The number of hydrogen-bond donors (Lipinski definition) is 1. The number of imidazole rings is 1. The molecule has 12 heavy (non-hydrogen) atoms. The molecule has 0 fully saturated rings. The fourth-order valence-electron chi connectivity index (χ4n) is 0.982. The number of rotatable bonds is 3. The Kier molecular flexibility index (Phi) is 2.47. The molecule has 66 valence electrons. The van der Waals surface area contributed by atoms with E-state index in [0.717, 1.165) is 5.82 Å². The monoisotopic (exact) mass is 167 g/mol. The first-order valence-corrected chi connectivity index (χ1v) is 3.88. The van der Waals surface area contributed by atoms with E-state index >= 15 is 0 Å². The van der Waals surface area contributed by atoms with E-state index in [2.05, 4.69) is 4.98 Å². The lowest BCUT2D eigenvalue weighted by atomic mass is 10.2. The van der Waals surface area contributed by atoms with Gasteiger partial charge in [-0.05, 0) is 6.92 Å².